The maximum atomic E-state index is 14.7. The lowest BCUT2D eigenvalue weighted by Gasteiger charge is -2.32. The molecule has 218 valence electrons. The molecule has 1 aliphatic heterocycles. The minimum Gasteiger partial charge on any atom is -0.385 e. The first kappa shape index (κ1) is 30.0. The molecule has 0 radical (unpaired) electrons. The molecule has 2 N–H and O–H groups in total. The molecule has 1 aromatic carbocycles. The number of hydrogen-bond acceptors (Lipinski definition) is 8. The molecule has 0 unspecified atom stereocenters. The number of benzene rings is 1. The molecule has 4 heterocycles. The first-order valence-corrected chi connectivity index (χ1v) is 14.0. The van der Waals surface area contributed by atoms with Gasteiger partial charge in [-0.3, -0.25) is 14.8 Å². The van der Waals surface area contributed by atoms with Gasteiger partial charge in [0.2, 0.25) is 12.4 Å². The number of methoxy groups -OCH3 is 1. The van der Waals surface area contributed by atoms with Gasteiger partial charge in [-0.2, -0.15) is 5.10 Å². The van der Waals surface area contributed by atoms with Crippen molar-refractivity contribution >= 4 is 29.1 Å². The van der Waals surface area contributed by atoms with Gasteiger partial charge in [0.1, 0.15) is 11.5 Å². The van der Waals surface area contributed by atoms with Crippen LogP contribution in [0.3, 0.4) is 0 Å². The van der Waals surface area contributed by atoms with Gasteiger partial charge in [0, 0.05) is 69.3 Å². The Hall–Kier alpha value is -3.96. The van der Waals surface area contributed by atoms with Crippen LogP contribution in [0.1, 0.15) is 50.8 Å². The van der Waals surface area contributed by atoms with Crippen LogP contribution in [0, 0.1) is 5.82 Å². The van der Waals surface area contributed by atoms with Crippen molar-refractivity contribution < 1.29 is 13.9 Å². The van der Waals surface area contributed by atoms with E-state index in [2.05, 4.69) is 56.1 Å². The Labute approximate surface area is 240 Å². The molecule has 3 aromatic heterocycles. The van der Waals surface area contributed by atoms with Crippen LogP contribution in [0.4, 0.5) is 16.2 Å². The van der Waals surface area contributed by atoms with Crippen molar-refractivity contribution in [3.8, 4) is 11.3 Å². The van der Waals surface area contributed by atoms with Gasteiger partial charge in [-0.25, -0.2) is 19.3 Å². The number of aromatic nitrogens is 5. The number of anilines is 2. The molecule has 1 saturated heterocycles. The number of hydrogen-bond donors (Lipinski definition) is 2. The number of halogens is 1. The summed E-state index contributed by atoms with van der Waals surface area (Å²) < 4.78 is 19.5. The SMILES string of the molecule is CC(C)c1[nH]nc2ccc(-c3nc(Nc4ccc(CN5CCN(C=O)CC5)cn4)ncc3F)cc12.CCCCOC. The Bertz CT molecular complexity index is 1400. The van der Waals surface area contributed by atoms with E-state index in [1.165, 1.54) is 19.0 Å². The summed E-state index contributed by atoms with van der Waals surface area (Å²) >= 11 is 0. The van der Waals surface area contributed by atoms with E-state index in [9.17, 15) is 9.18 Å². The fourth-order valence-corrected chi connectivity index (χ4v) is 4.53. The van der Waals surface area contributed by atoms with E-state index in [1.54, 1.807) is 18.2 Å². The van der Waals surface area contributed by atoms with Gasteiger partial charge in [0.15, 0.2) is 5.82 Å². The Balaban J connectivity index is 0.000000585. The van der Waals surface area contributed by atoms with Gasteiger partial charge in [-0.1, -0.05) is 39.3 Å². The largest absolute Gasteiger partial charge is 0.385 e. The molecule has 1 amide bonds. The van der Waals surface area contributed by atoms with E-state index in [0.29, 0.717) is 11.4 Å². The van der Waals surface area contributed by atoms with Gasteiger partial charge < -0.3 is 15.0 Å². The quantitative estimate of drug-likeness (QED) is 0.202. The van der Waals surface area contributed by atoms with E-state index in [4.69, 9.17) is 4.74 Å². The van der Waals surface area contributed by atoms with Crippen LogP contribution in [0.5, 0.6) is 0 Å². The first-order valence-electron chi connectivity index (χ1n) is 14.0. The highest BCUT2D eigenvalue weighted by molar-refractivity contribution is 5.86. The third-order valence-electron chi connectivity index (χ3n) is 6.91. The summed E-state index contributed by atoms with van der Waals surface area (Å²) in [6, 6.07) is 9.43. The number of pyridine rings is 1. The summed E-state index contributed by atoms with van der Waals surface area (Å²) in [7, 11) is 1.73. The van der Waals surface area contributed by atoms with Crippen molar-refractivity contribution in [3.63, 3.8) is 0 Å². The maximum Gasteiger partial charge on any atom is 0.229 e. The lowest BCUT2D eigenvalue weighted by Crippen LogP contribution is -2.45. The normalized spacial score (nSPS) is 13.8. The molecule has 0 spiro atoms. The van der Waals surface area contributed by atoms with Crippen LogP contribution in [0.25, 0.3) is 22.2 Å². The van der Waals surface area contributed by atoms with Gasteiger partial charge in [-0.05, 0) is 36.1 Å². The zero-order valence-corrected chi connectivity index (χ0v) is 24.2. The number of rotatable bonds is 10. The van der Waals surface area contributed by atoms with Crippen LogP contribution in [-0.2, 0) is 16.1 Å². The lowest BCUT2D eigenvalue weighted by atomic mass is 10.0. The fourth-order valence-electron chi connectivity index (χ4n) is 4.53. The minimum atomic E-state index is -0.498. The molecule has 5 rings (SSSR count). The van der Waals surface area contributed by atoms with Gasteiger partial charge in [0.05, 0.1) is 11.7 Å². The minimum absolute atomic E-state index is 0.214. The number of carbonyl (C=O) groups is 1. The van der Waals surface area contributed by atoms with Gasteiger partial charge >= 0.3 is 0 Å². The second-order valence-corrected chi connectivity index (χ2v) is 10.4. The summed E-state index contributed by atoms with van der Waals surface area (Å²) in [5, 5.41) is 11.4. The Morgan fingerprint density at radius 3 is 2.56 bits per heavy atom. The van der Waals surface area contributed by atoms with Crippen molar-refractivity contribution in [2.75, 3.05) is 45.2 Å². The fraction of sp³-hybridized carbons (Fsp3) is 0.433. The highest BCUT2D eigenvalue weighted by Gasteiger charge is 2.16. The molecule has 0 saturated carbocycles. The van der Waals surface area contributed by atoms with Crippen molar-refractivity contribution in [1.82, 2.24) is 34.9 Å². The monoisotopic (exact) mass is 562 g/mol. The summed E-state index contributed by atoms with van der Waals surface area (Å²) in [6.07, 6.45) is 6.30. The molecule has 4 aromatic rings. The van der Waals surface area contributed by atoms with Crippen LogP contribution < -0.4 is 5.32 Å². The number of aromatic amines is 1. The first-order chi connectivity index (χ1) is 19.9. The number of carbonyl (C=O) groups excluding carboxylic acids is 1. The molecule has 1 aliphatic rings. The zero-order valence-electron chi connectivity index (χ0n) is 24.2. The smallest absolute Gasteiger partial charge is 0.229 e. The van der Waals surface area contributed by atoms with E-state index in [0.717, 1.165) is 67.9 Å². The second kappa shape index (κ2) is 14.6. The second-order valence-electron chi connectivity index (χ2n) is 10.4. The average molecular weight is 563 g/mol. The molecular formula is C30H39FN8O2. The topological polar surface area (TPSA) is 112 Å². The third kappa shape index (κ3) is 8.05. The van der Waals surface area contributed by atoms with Crippen molar-refractivity contribution in [1.29, 1.82) is 0 Å². The summed E-state index contributed by atoms with van der Waals surface area (Å²) in [5.41, 5.74) is 3.78. The molecule has 41 heavy (non-hydrogen) atoms. The van der Waals surface area contributed by atoms with Crippen LogP contribution in [0.2, 0.25) is 0 Å². The molecule has 0 bridgehead atoms. The van der Waals surface area contributed by atoms with Gasteiger partial charge in [0.25, 0.3) is 0 Å². The maximum absolute atomic E-state index is 14.7. The highest BCUT2D eigenvalue weighted by atomic mass is 19.1. The zero-order chi connectivity index (χ0) is 29.2. The van der Waals surface area contributed by atoms with Gasteiger partial charge in [-0.15, -0.1) is 0 Å². The molecule has 11 heteroatoms. The Morgan fingerprint density at radius 2 is 1.93 bits per heavy atom. The van der Waals surface area contributed by atoms with Crippen LogP contribution >= 0.6 is 0 Å². The van der Waals surface area contributed by atoms with Crippen molar-refractivity contribution in [3.05, 3.63) is 59.8 Å². The Kier molecular flexibility index (Phi) is 10.7. The standard InChI is InChI=1S/C25H27FN8O.C5H12O/c1-16(2)23-19-11-18(4-5-21(19)31-32-23)24-20(26)13-28-25(30-24)29-22-6-3-17(12-27-22)14-33-7-9-34(15-35)10-8-33;1-3-4-5-6-2/h3-6,11-13,15-16H,7-10,14H2,1-2H3,(H,31,32)(H,27,28,29,30);3-5H2,1-2H3. The number of fused-ring (bicyclic) bond motifs is 1. The average Bonchev–Trinajstić information content (AvgIpc) is 3.42. The number of unbranched alkanes of at least 4 members (excludes halogenated alkanes) is 1. The van der Waals surface area contributed by atoms with Crippen molar-refractivity contribution in [2.24, 2.45) is 0 Å². The Morgan fingerprint density at radius 1 is 1.12 bits per heavy atom. The molecule has 0 aliphatic carbocycles. The molecular weight excluding hydrogens is 523 g/mol. The number of piperazine rings is 1. The summed E-state index contributed by atoms with van der Waals surface area (Å²) in [4.78, 5) is 27.9. The number of nitrogens with zero attached hydrogens (tertiary/aromatic N) is 6. The number of amides is 1. The highest BCUT2D eigenvalue weighted by Crippen LogP contribution is 2.29. The van der Waals surface area contributed by atoms with Crippen LogP contribution in [-0.4, -0.2) is 81.3 Å². The predicted molar refractivity (Wildman–Crippen MR) is 158 cm³/mol. The summed E-state index contributed by atoms with van der Waals surface area (Å²) in [5.74, 6) is 0.604. The number of H-pyrrole nitrogens is 1. The third-order valence-corrected chi connectivity index (χ3v) is 6.91. The van der Waals surface area contributed by atoms with E-state index in [-0.39, 0.29) is 17.6 Å². The molecule has 10 nitrogen and oxygen atoms in total. The lowest BCUT2D eigenvalue weighted by molar-refractivity contribution is -0.119. The van der Waals surface area contributed by atoms with E-state index < -0.39 is 5.82 Å². The molecule has 0 atom stereocenters. The van der Waals surface area contributed by atoms with Crippen LogP contribution in [0.15, 0.2) is 42.7 Å². The number of ether oxygens (including phenoxy) is 1. The number of nitrogens with one attached hydrogen (secondary N) is 2. The predicted octanol–water partition coefficient (Wildman–Crippen LogP) is 5.13. The van der Waals surface area contributed by atoms with E-state index in [1.807, 2.05) is 30.3 Å². The van der Waals surface area contributed by atoms with E-state index >= 15 is 0 Å². The molecule has 1 fully saturated rings. The van der Waals surface area contributed by atoms with Crippen molar-refractivity contribution in [2.45, 2.75) is 46.1 Å². The summed E-state index contributed by atoms with van der Waals surface area (Å²) in [6.45, 7) is 11.2.